The number of alkyl halides is 2. The van der Waals surface area contributed by atoms with E-state index in [1.165, 1.54) is 12.1 Å². The van der Waals surface area contributed by atoms with E-state index >= 15 is 0 Å². The summed E-state index contributed by atoms with van der Waals surface area (Å²) < 4.78 is 31.0. The molecule has 1 heterocycles. The van der Waals surface area contributed by atoms with Crippen LogP contribution in [0.1, 0.15) is 25.8 Å². The molecular formula is C16H14BrCl2F2N3O2. The summed E-state index contributed by atoms with van der Waals surface area (Å²) in [6.07, 6.45) is 3.80. The van der Waals surface area contributed by atoms with Crippen molar-refractivity contribution in [3.8, 4) is 5.75 Å². The second-order valence-corrected chi connectivity index (χ2v) is 7.59. The highest BCUT2D eigenvalue weighted by atomic mass is 79.9. The first kappa shape index (κ1) is 19.4. The average Bonchev–Trinajstić information content (AvgIpc) is 3.37. The molecule has 0 radical (unpaired) electrons. The molecule has 3 rings (SSSR count). The van der Waals surface area contributed by atoms with Gasteiger partial charge in [-0.2, -0.15) is 8.78 Å². The van der Waals surface area contributed by atoms with Gasteiger partial charge in [0.25, 0.3) is 5.56 Å². The molecular weight excluding hydrogens is 455 g/mol. The SMILES string of the molecule is C[C@@H](C1CC1)n1cc(Br)nc(Nc2c(Cl)cc(OC(F)F)cc2Cl)c1=O. The zero-order chi connectivity index (χ0) is 19.0. The average molecular weight is 469 g/mol. The van der Waals surface area contributed by atoms with Crippen LogP contribution in [0.2, 0.25) is 10.0 Å². The van der Waals surface area contributed by atoms with Gasteiger partial charge < -0.3 is 14.6 Å². The molecule has 1 atom stereocenters. The van der Waals surface area contributed by atoms with E-state index in [-0.39, 0.29) is 38.9 Å². The molecule has 1 aromatic heterocycles. The Hall–Kier alpha value is -1.38. The first-order valence-corrected chi connectivity index (χ1v) is 9.30. The van der Waals surface area contributed by atoms with Crippen molar-refractivity contribution in [1.29, 1.82) is 0 Å². The fourth-order valence-electron chi connectivity index (χ4n) is 2.63. The summed E-state index contributed by atoms with van der Waals surface area (Å²) in [5.74, 6) is 0.313. The molecule has 0 saturated heterocycles. The number of hydrogen-bond acceptors (Lipinski definition) is 4. The van der Waals surface area contributed by atoms with E-state index < -0.39 is 6.61 Å². The van der Waals surface area contributed by atoms with Crippen molar-refractivity contribution in [2.45, 2.75) is 32.4 Å². The van der Waals surface area contributed by atoms with E-state index in [0.717, 1.165) is 12.8 Å². The summed E-state index contributed by atoms with van der Waals surface area (Å²) >= 11 is 15.5. The van der Waals surface area contributed by atoms with Gasteiger partial charge in [-0.15, -0.1) is 0 Å². The standard InChI is InChI=1S/C16H14BrCl2F2N3O2/c1-7(8-2-3-8)24-6-12(17)22-14(15(24)25)23-13-10(18)4-9(5-11(13)19)26-16(20)21/h4-8,16H,2-3H2,1H3,(H,22,23)/t7-/m0/s1. The van der Waals surface area contributed by atoms with Gasteiger partial charge in [-0.1, -0.05) is 23.2 Å². The smallest absolute Gasteiger partial charge is 0.387 e. The number of nitrogens with zero attached hydrogens (tertiary/aromatic N) is 2. The van der Waals surface area contributed by atoms with Gasteiger partial charge in [-0.05, 0) is 41.6 Å². The lowest BCUT2D eigenvalue weighted by molar-refractivity contribution is -0.0498. The third-order valence-electron chi connectivity index (χ3n) is 4.13. The third-order valence-corrected chi connectivity index (χ3v) is 5.11. The number of rotatable bonds is 6. The first-order valence-electron chi connectivity index (χ1n) is 7.76. The zero-order valence-electron chi connectivity index (χ0n) is 13.5. The predicted octanol–water partition coefficient (Wildman–Crippen LogP) is 5.63. The Balaban J connectivity index is 1.95. The largest absolute Gasteiger partial charge is 0.435 e. The van der Waals surface area contributed by atoms with Crippen LogP contribution in [0.3, 0.4) is 0 Å². The highest BCUT2D eigenvalue weighted by Crippen LogP contribution is 2.39. The number of hydrogen-bond donors (Lipinski definition) is 1. The van der Waals surface area contributed by atoms with Crippen LogP contribution in [0.25, 0.3) is 0 Å². The van der Waals surface area contributed by atoms with Crippen LogP contribution in [0.15, 0.2) is 27.7 Å². The molecule has 5 nitrogen and oxygen atoms in total. The molecule has 10 heteroatoms. The van der Waals surface area contributed by atoms with Crippen molar-refractivity contribution >= 4 is 50.6 Å². The highest BCUT2D eigenvalue weighted by molar-refractivity contribution is 9.10. The fourth-order valence-corrected chi connectivity index (χ4v) is 3.59. The van der Waals surface area contributed by atoms with Crippen molar-refractivity contribution in [3.63, 3.8) is 0 Å². The summed E-state index contributed by atoms with van der Waals surface area (Å²) in [5.41, 5.74) is -0.143. The normalized spacial score (nSPS) is 15.2. The number of ether oxygens (including phenoxy) is 1. The summed E-state index contributed by atoms with van der Waals surface area (Å²) in [4.78, 5) is 16.9. The molecule has 0 unspecified atom stereocenters. The van der Waals surface area contributed by atoms with E-state index in [4.69, 9.17) is 23.2 Å². The number of halogens is 5. The molecule has 2 aromatic rings. The van der Waals surface area contributed by atoms with Crippen LogP contribution in [0.4, 0.5) is 20.3 Å². The van der Waals surface area contributed by atoms with E-state index in [1.54, 1.807) is 10.8 Å². The van der Waals surface area contributed by atoms with Gasteiger partial charge in [0.15, 0.2) is 5.82 Å². The van der Waals surface area contributed by atoms with Crippen LogP contribution in [0.5, 0.6) is 5.75 Å². The van der Waals surface area contributed by atoms with Crippen LogP contribution in [-0.2, 0) is 0 Å². The van der Waals surface area contributed by atoms with Gasteiger partial charge in [-0.25, -0.2) is 4.98 Å². The monoisotopic (exact) mass is 467 g/mol. The summed E-state index contributed by atoms with van der Waals surface area (Å²) in [6.45, 7) is -1.02. The Morgan fingerprint density at radius 3 is 2.50 bits per heavy atom. The highest BCUT2D eigenvalue weighted by Gasteiger charge is 2.30. The molecule has 0 bridgehead atoms. The lowest BCUT2D eigenvalue weighted by Gasteiger charge is -2.17. The minimum Gasteiger partial charge on any atom is -0.435 e. The van der Waals surface area contributed by atoms with Gasteiger partial charge >= 0.3 is 6.61 Å². The number of aromatic nitrogens is 2. The quantitative estimate of drug-likeness (QED) is 0.596. The maximum Gasteiger partial charge on any atom is 0.387 e. The van der Waals surface area contributed by atoms with Gasteiger partial charge in [0.05, 0.1) is 15.7 Å². The molecule has 140 valence electrons. The second-order valence-electron chi connectivity index (χ2n) is 5.97. The Morgan fingerprint density at radius 2 is 1.96 bits per heavy atom. The van der Waals surface area contributed by atoms with Crippen molar-refractivity contribution in [1.82, 2.24) is 9.55 Å². The fraction of sp³-hybridized carbons (Fsp3) is 0.375. The maximum absolute atomic E-state index is 12.7. The predicted molar refractivity (Wildman–Crippen MR) is 100 cm³/mol. The van der Waals surface area contributed by atoms with Crippen molar-refractivity contribution < 1.29 is 13.5 Å². The zero-order valence-corrected chi connectivity index (χ0v) is 16.6. The topological polar surface area (TPSA) is 56.1 Å². The lowest BCUT2D eigenvalue weighted by atomic mass is 10.2. The van der Waals surface area contributed by atoms with Crippen LogP contribution >= 0.6 is 39.1 Å². The Labute approximate surface area is 166 Å². The van der Waals surface area contributed by atoms with Crippen molar-refractivity contribution in [2.75, 3.05) is 5.32 Å². The molecule has 1 saturated carbocycles. The van der Waals surface area contributed by atoms with Crippen molar-refractivity contribution in [2.24, 2.45) is 5.92 Å². The first-order chi connectivity index (χ1) is 12.3. The van der Waals surface area contributed by atoms with E-state index in [1.807, 2.05) is 6.92 Å². The van der Waals surface area contributed by atoms with Crippen LogP contribution in [-0.4, -0.2) is 16.2 Å². The Bertz CT molecular complexity index is 867. The molecule has 0 amide bonds. The Kier molecular flexibility index (Phi) is 5.74. The molecule has 1 aliphatic rings. The Morgan fingerprint density at radius 1 is 1.35 bits per heavy atom. The van der Waals surface area contributed by atoms with Crippen molar-refractivity contribution in [3.05, 3.63) is 43.3 Å². The summed E-state index contributed by atoms with van der Waals surface area (Å²) in [7, 11) is 0. The molecule has 26 heavy (non-hydrogen) atoms. The van der Waals surface area contributed by atoms with Gasteiger partial charge in [0, 0.05) is 24.4 Å². The van der Waals surface area contributed by atoms with Gasteiger partial charge in [0.2, 0.25) is 0 Å². The van der Waals surface area contributed by atoms with Crippen LogP contribution in [0, 0.1) is 5.92 Å². The maximum atomic E-state index is 12.7. The lowest BCUT2D eigenvalue weighted by Crippen LogP contribution is -2.27. The number of anilines is 2. The molecule has 0 aliphatic heterocycles. The number of benzene rings is 1. The number of nitrogens with one attached hydrogen (secondary N) is 1. The summed E-state index contributed by atoms with van der Waals surface area (Å²) in [5, 5.41) is 2.85. The van der Waals surface area contributed by atoms with Gasteiger partial charge in [0.1, 0.15) is 10.4 Å². The van der Waals surface area contributed by atoms with E-state index in [0.29, 0.717) is 10.5 Å². The van der Waals surface area contributed by atoms with E-state index in [2.05, 4.69) is 31.0 Å². The second kappa shape index (κ2) is 7.70. The summed E-state index contributed by atoms with van der Waals surface area (Å²) in [6, 6.07) is 2.41. The van der Waals surface area contributed by atoms with E-state index in [9.17, 15) is 13.6 Å². The molecule has 1 fully saturated rings. The molecule has 1 aromatic carbocycles. The minimum atomic E-state index is -3.00. The minimum absolute atomic E-state index is 0.0242. The molecule has 1 aliphatic carbocycles. The third kappa shape index (κ3) is 4.29. The molecule has 0 spiro atoms. The van der Waals surface area contributed by atoms with Gasteiger partial charge in [-0.3, -0.25) is 4.79 Å². The van der Waals surface area contributed by atoms with Crippen LogP contribution < -0.4 is 15.6 Å². The molecule has 1 N–H and O–H groups in total.